The third kappa shape index (κ3) is 5.64. The van der Waals surface area contributed by atoms with Crippen LogP contribution in [0.4, 0.5) is 17.3 Å². The number of anilines is 3. The van der Waals surface area contributed by atoms with E-state index >= 15 is 0 Å². The van der Waals surface area contributed by atoms with Gasteiger partial charge in [0.1, 0.15) is 5.75 Å². The first-order valence-electron chi connectivity index (χ1n) is 11.3. The Labute approximate surface area is 204 Å². The predicted octanol–water partition coefficient (Wildman–Crippen LogP) is 4.16. The highest BCUT2D eigenvalue weighted by Gasteiger charge is 2.15. The van der Waals surface area contributed by atoms with Crippen LogP contribution in [0.1, 0.15) is 12.0 Å². The van der Waals surface area contributed by atoms with E-state index in [1.807, 2.05) is 56.7 Å². The van der Waals surface area contributed by atoms with Gasteiger partial charge in [0.2, 0.25) is 11.9 Å². The Bertz CT molecular complexity index is 1350. The summed E-state index contributed by atoms with van der Waals surface area (Å²) in [6.07, 6.45) is 8.34. The fourth-order valence-corrected chi connectivity index (χ4v) is 3.80. The molecule has 2 N–H and O–H groups in total. The van der Waals surface area contributed by atoms with Crippen LogP contribution in [-0.4, -0.2) is 58.1 Å². The molecule has 9 heteroatoms. The third-order valence-corrected chi connectivity index (χ3v) is 5.52. The van der Waals surface area contributed by atoms with E-state index in [0.29, 0.717) is 23.1 Å². The Morgan fingerprint density at radius 2 is 2.09 bits per heavy atom. The van der Waals surface area contributed by atoms with Gasteiger partial charge < -0.3 is 20.3 Å². The third-order valence-electron chi connectivity index (χ3n) is 5.52. The summed E-state index contributed by atoms with van der Waals surface area (Å²) in [7, 11) is 5.69. The lowest BCUT2D eigenvalue weighted by molar-refractivity contribution is -0.111. The van der Waals surface area contributed by atoms with Crippen molar-refractivity contribution in [2.24, 2.45) is 0 Å². The number of methoxy groups -OCH3 is 1. The monoisotopic (exact) mass is 471 g/mol. The van der Waals surface area contributed by atoms with Crippen molar-refractivity contribution in [1.29, 1.82) is 0 Å². The molecule has 0 spiro atoms. The molecule has 9 nitrogen and oxygen atoms in total. The lowest BCUT2D eigenvalue weighted by Crippen LogP contribution is -2.15. The van der Waals surface area contributed by atoms with Crippen molar-refractivity contribution in [1.82, 2.24) is 24.5 Å². The van der Waals surface area contributed by atoms with Crippen molar-refractivity contribution in [3.63, 3.8) is 0 Å². The van der Waals surface area contributed by atoms with Crippen LogP contribution in [0.25, 0.3) is 16.8 Å². The van der Waals surface area contributed by atoms with E-state index in [2.05, 4.69) is 32.2 Å². The number of pyridine rings is 1. The predicted molar refractivity (Wildman–Crippen MR) is 138 cm³/mol. The molecular formula is C26H29N7O2. The molecule has 1 aromatic carbocycles. The largest absolute Gasteiger partial charge is 0.495 e. The molecule has 0 aliphatic carbocycles. The van der Waals surface area contributed by atoms with Gasteiger partial charge in [-0.2, -0.15) is 5.10 Å². The zero-order valence-corrected chi connectivity index (χ0v) is 20.2. The Morgan fingerprint density at radius 1 is 1.23 bits per heavy atom. The molecule has 0 saturated heterocycles. The lowest BCUT2D eigenvalue weighted by Gasteiger charge is -2.17. The van der Waals surface area contributed by atoms with Crippen LogP contribution in [0, 0.1) is 0 Å². The number of aromatic nitrogens is 4. The number of fused-ring (bicyclic) bond motifs is 1. The van der Waals surface area contributed by atoms with Crippen LogP contribution in [0.3, 0.4) is 0 Å². The summed E-state index contributed by atoms with van der Waals surface area (Å²) in [5, 5.41) is 10.6. The number of benzene rings is 1. The highest BCUT2D eigenvalue weighted by molar-refractivity contribution is 6.00. The molecule has 0 bridgehead atoms. The smallest absolute Gasteiger partial charge is 0.247 e. The normalized spacial score (nSPS) is 11.0. The van der Waals surface area contributed by atoms with E-state index in [1.165, 1.54) is 6.08 Å². The second kappa shape index (κ2) is 10.8. The van der Waals surface area contributed by atoms with E-state index < -0.39 is 0 Å². The molecular weight excluding hydrogens is 442 g/mol. The number of hydrogen-bond acceptors (Lipinski definition) is 7. The number of aryl methyl sites for hydroxylation is 1. The second-order valence-corrected chi connectivity index (χ2v) is 8.29. The van der Waals surface area contributed by atoms with E-state index in [9.17, 15) is 4.79 Å². The average molecular weight is 472 g/mol. The first kappa shape index (κ1) is 23.9. The summed E-state index contributed by atoms with van der Waals surface area (Å²) in [5.74, 6) is 0.755. The summed E-state index contributed by atoms with van der Waals surface area (Å²) in [4.78, 5) is 23.3. The summed E-state index contributed by atoms with van der Waals surface area (Å²) in [5.41, 5.74) is 4.90. The molecule has 3 heterocycles. The number of nitrogens with one attached hydrogen (secondary N) is 2. The highest BCUT2D eigenvalue weighted by Crippen LogP contribution is 2.34. The Morgan fingerprint density at radius 3 is 2.86 bits per heavy atom. The van der Waals surface area contributed by atoms with Crippen LogP contribution in [0.15, 0.2) is 67.6 Å². The second-order valence-electron chi connectivity index (χ2n) is 8.29. The van der Waals surface area contributed by atoms with Gasteiger partial charge in [-0.15, -0.1) is 0 Å². The lowest BCUT2D eigenvalue weighted by atomic mass is 10.0. The molecule has 1 amide bonds. The zero-order valence-electron chi connectivity index (χ0n) is 20.2. The fourth-order valence-electron chi connectivity index (χ4n) is 3.80. The SMILES string of the molecule is C=CC(=O)Nc1cc(Nc2nccc(-c3cnn4ccccc34)n2)c(OC)cc1CCCN(C)C. The van der Waals surface area contributed by atoms with Crippen molar-refractivity contribution in [3.8, 4) is 17.0 Å². The maximum atomic E-state index is 12.1. The molecule has 0 aliphatic heterocycles. The Balaban J connectivity index is 1.66. The van der Waals surface area contributed by atoms with Gasteiger partial charge in [-0.3, -0.25) is 4.79 Å². The number of hydrogen-bond donors (Lipinski definition) is 2. The van der Waals surface area contributed by atoms with E-state index in [1.54, 1.807) is 24.0 Å². The van der Waals surface area contributed by atoms with Crippen molar-refractivity contribution in [2.45, 2.75) is 12.8 Å². The van der Waals surface area contributed by atoms with E-state index in [0.717, 1.165) is 41.7 Å². The van der Waals surface area contributed by atoms with Gasteiger partial charge in [-0.25, -0.2) is 14.5 Å². The molecule has 0 unspecified atom stereocenters. The molecule has 0 fully saturated rings. The van der Waals surface area contributed by atoms with Gasteiger partial charge >= 0.3 is 0 Å². The minimum Gasteiger partial charge on any atom is -0.495 e. The topological polar surface area (TPSA) is 96.7 Å². The number of rotatable bonds is 10. The molecule has 3 aromatic heterocycles. The van der Waals surface area contributed by atoms with Gasteiger partial charge in [0.05, 0.1) is 30.2 Å². The molecule has 4 aromatic rings. The number of carbonyl (C=O) groups excluding carboxylic acids is 1. The van der Waals surface area contributed by atoms with Gasteiger partial charge in [0, 0.05) is 23.6 Å². The Hall–Kier alpha value is -4.24. The quantitative estimate of drug-likeness (QED) is 0.335. The summed E-state index contributed by atoms with van der Waals surface area (Å²) in [6.45, 7) is 4.50. The van der Waals surface area contributed by atoms with Crippen molar-refractivity contribution >= 4 is 28.7 Å². The molecule has 0 aliphatic rings. The van der Waals surface area contributed by atoms with Crippen molar-refractivity contribution in [3.05, 3.63) is 73.2 Å². The summed E-state index contributed by atoms with van der Waals surface area (Å²) >= 11 is 0. The van der Waals surface area contributed by atoms with E-state index in [4.69, 9.17) is 9.72 Å². The first-order chi connectivity index (χ1) is 17.0. The molecule has 0 atom stereocenters. The maximum absolute atomic E-state index is 12.1. The van der Waals surface area contributed by atoms with Crippen LogP contribution >= 0.6 is 0 Å². The number of ether oxygens (including phenoxy) is 1. The summed E-state index contributed by atoms with van der Waals surface area (Å²) < 4.78 is 7.46. The molecule has 4 rings (SSSR count). The van der Waals surface area contributed by atoms with Gasteiger partial charge in [0.15, 0.2) is 0 Å². The van der Waals surface area contributed by atoms with E-state index in [-0.39, 0.29) is 5.91 Å². The maximum Gasteiger partial charge on any atom is 0.247 e. The Kier molecular flexibility index (Phi) is 7.37. The van der Waals surface area contributed by atoms with Gasteiger partial charge in [-0.1, -0.05) is 12.6 Å². The minimum absolute atomic E-state index is 0.277. The average Bonchev–Trinajstić information content (AvgIpc) is 3.29. The van der Waals surface area contributed by atoms with Crippen molar-refractivity contribution < 1.29 is 9.53 Å². The van der Waals surface area contributed by atoms with Crippen LogP contribution in [0.2, 0.25) is 0 Å². The number of carbonyl (C=O) groups is 1. The van der Waals surface area contributed by atoms with Crippen LogP contribution < -0.4 is 15.4 Å². The molecule has 0 radical (unpaired) electrons. The molecule has 35 heavy (non-hydrogen) atoms. The number of amides is 1. The van der Waals surface area contributed by atoms with Crippen molar-refractivity contribution in [2.75, 3.05) is 38.4 Å². The standard InChI is InChI=1S/C26H29N7O2/c1-5-25(34)29-21-16-22(24(35-4)15-18(21)9-8-13-32(2)3)31-26-27-12-11-20(30-26)19-17-28-33-14-7-6-10-23(19)33/h5-7,10-12,14-17H,1,8-9,13H2,2-4H3,(H,29,34)(H,27,30,31). The fraction of sp³-hybridized carbons (Fsp3) is 0.231. The molecule has 0 saturated carbocycles. The first-order valence-corrected chi connectivity index (χ1v) is 11.3. The van der Waals surface area contributed by atoms with Gasteiger partial charge in [0.25, 0.3) is 0 Å². The minimum atomic E-state index is -0.277. The zero-order chi connectivity index (χ0) is 24.8. The number of nitrogens with zero attached hydrogens (tertiary/aromatic N) is 5. The summed E-state index contributed by atoms with van der Waals surface area (Å²) in [6, 6.07) is 11.5. The van der Waals surface area contributed by atoms with Crippen LogP contribution in [-0.2, 0) is 11.2 Å². The highest BCUT2D eigenvalue weighted by atomic mass is 16.5. The van der Waals surface area contributed by atoms with Crippen LogP contribution in [0.5, 0.6) is 5.75 Å². The molecule has 180 valence electrons. The van der Waals surface area contributed by atoms with Gasteiger partial charge in [-0.05, 0) is 75.5 Å².